The molecule has 4 nitrogen and oxygen atoms in total. The molecule has 1 saturated carbocycles. The van der Waals surface area contributed by atoms with Crippen molar-refractivity contribution >= 4 is 10.9 Å². The van der Waals surface area contributed by atoms with Gasteiger partial charge in [-0.2, -0.15) is 0 Å². The zero-order chi connectivity index (χ0) is 17.4. The third-order valence-corrected chi connectivity index (χ3v) is 5.97. The number of benzene rings is 1. The summed E-state index contributed by atoms with van der Waals surface area (Å²) in [5, 5.41) is 1.30. The van der Waals surface area contributed by atoms with E-state index in [0.717, 1.165) is 37.8 Å². The van der Waals surface area contributed by atoms with Crippen molar-refractivity contribution in [2.24, 2.45) is 5.92 Å². The van der Waals surface area contributed by atoms with Crippen molar-refractivity contribution < 1.29 is 9.47 Å². The first kappa shape index (κ1) is 16.9. The Labute approximate surface area is 150 Å². The second-order valence-electron chi connectivity index (χ2n) is 7.62. The number of ether oxygens (including phenoxy) is 2. The molecule has 4 rings (SSSR count). The van der Waals surface area contributed by atoms with Crippen LogP contribution >= 0.6 is 0 Å². The Bertz CT molecular complexity index is 735. The summed E-state index contributed by atoms with van der Waals surface area (Å²) in [6.45, 7) is 7.18. The first-order valence-electron chi connectivity index (χ1n) is 9.70. The molecule has 0 bridgehead atoms. The fraction of sp³-hybridized carbons (Fsp3) is 0.619. The maximum absolute atomic E-state index is 5.95. The van der Waals surface area contributed by atoms with Crippen LogP contribution in [0.3, 0.4) is 0 Å². The highest BCUT2D eigenvalue weighted by Crippen LogP contribution is 2.41. The van der Waals surface area contributed by atoms with Gasteiger partial charge in [-0.25, -0.2) is 0 Å². The molecule has 1 saturated heterocycles. The lowest BCUT2D eigenvalue weighted by atomic mass is 9.94. The summed E-state index contributed by atoms with van der Waals surface area (Å²) in [5.74, 6) is 1.88. The zero-order valence-electron chi connectivity index (χ0n) is 15.7. The van der Waals surface area contributed by atoms with E-state index in [9.17, 15) is 0 Å². The van der Waals surface area contributed by atoms with Crippen LogP contribution in [0.1, 0.15) is 43.7 Å². The van der Waals surface area contributed by atoms with Crippen molar-refractivity contribution in [2.45, 2.75) is 58.2 Å². The molecule has 0 amide bonds. The summed E-state index contributed by atoms with van der Waals surface area (Å²) in [6, 6.07) is 5.03. The van der Waals surface area contributed by atoms with Crippen molar-refractivity contribution in [1.29, 1.82) is 0 Å². The summed E-state index contributed by atoms with van der Waals surface area (Å²) < 4.78 is 11.7. The SMILES string of the molecule is CCOC1CCN(Cc2c(OC)cc(C)c3[nH]ccc23)C(C2CC2)C1. The Balaban J connectivity index is 1.62. The molecule has 2 aromatic rings. The van der Waals surface area contributed by atoms with Gasteiger partial charge in [0, 0.05) is 48.4 Å². The molecule has 1 aliphatic heterocycles. The molecule has 1 aromatic carbocycles. The van der Waals surface area contributed by atoms with Crippen LogP contribution in [-0.4, -0.2) is 42.3 Å². The summed E-state index contributed by atoms with van der Waals surface area (Å²) in [5.41, 5.74) is 3.81. The van der Waals surface area contributed by atoms with E-state index in [1.165, 1.54) is 41.3 Å². The topological polar surface area (TPSA) is 37.5 Å². The molecule has 2 heterocycles. The van der Waals surface area contributed by atoms with Gasteiger partial charge in [-0.15, -0.1) is 0 Å². The molecule has 25 heavy (non-hydrogen) atoms. The standard InChI is InChI=1S/C21H30N2O2/c1-4-25-16-8-10-23(19(12-16)15-5-6-15)13-18-17-7-9-22-21(17)14(2)11-20(18)24-3/h7,9,11,15-16,19,22H,4-6,8,10,12-13H2,1-3H3. The van der Waals surface area contributed by atoms with E-state index in [1.807, 2.05) is 6.20 Å². The van der Waals surface area contributed by atoms with E-state index in [4.69, 9.17) is 9.47 Å². The van der Waals surface area contributed by atoms with E-state index in [-0.39, 0.29) is 0 Å². The van der Waals surface area contributed by atoms with Gasteiger partial charge in [0.1, 0.15) is 5.75 Å². The third-order valence-electron chi connectivity index (χ3n) is 5.97. The van der Waals surface area contributed by atoms with Crippen LogP contribution in [0.15, 0.2) is 18.3 Å². The summed E-state index contributed by atoms with van der Waals surface area (Å²) in [6.07, 6.45) is 7.57. The van der Waals surface area contributed by atoms with Gasteiger partial charge < -0.3 is 14.5 Å². The quantitative estimate of drug-likeness (QED) is 0.852. The van der Waals surface area contributed by atoms with Crippen LogP contribution in [0.5, 0.6) is 5.75 Å². The third kappa shape index (κ3) is 3.30. The van der Waals surface area contributed by atoms with E-state index in [0.29, 0.717) is 12.1 Å². The van der Waals surface area contributed by atoms with Crippen LogP contribution in [0.2, 0.25) is 0 Å². The first-order valence-corrected chi connectivity index (χ1v) is 9.70. The molecule has 2 aliphatic rings. The van der Waals surface area contributed by atoms with Crippen molar-refractivity contribution in [3.05, 3.63) is 29.5 Å². The second-order valence-corrected chi connectivity index (χ2v) is 7.62. The summed E-state index contributed by atoms with van der Waals surface area (Å²) >= 11 is 0. The van der Waals surface area contributed by atoms with Crippen molar-refractivity contribution in [3.8, 4) is 5.75 Å². The van der Waals surface area contributed by atoms with Gasteiger partial charge in [-0.1, -0.05) is 0 Å². The number of nitrogens with zero attached hydrogens (tertiary/aromatic N) is 1. The number of rotatable bonds is 6. The summed E-state index contributed by atoms with van der Waals surface area (Å²) in [7, 11) is 1.79. The number of methoxy groups -OCH3 is 1. The monoisotopic (exact) mass is 342 g/mol. The van der Waals surface area contributed by atoms with Gasteiger partial charge in [0.25, 0.3) is 0 Å². The number of aromatic nitrogens is 1. The number of nitrogens with one attached hydrogen (secondary N) is 1. The molecule has 0 radical (unpaired) electrons. The molecular formula is C21H30N2O2. The minimum Gasteiger partial charge on any atom is -0.496 e. The fourth-order valence-corrected chi connectivity index (χ4v) is 4.55. The predicted molar refractivity (Wildman–Crippen MR) is 101 cm³/mol. The number of hydrogen-bond acceptors (Lipinski definition) is 3. The molecule has 1 aromatic heterocycles. The Hall–Kier alpha value is -1.52. The van der Waals surface area contributed by atoms with Gasteiger partial charge in [-0.3, -0.25) is 4.90 Å². The molecule has 2 atom stereocenters. The highest BCUT2D eigenvalue weighted by atomic mass is 16.5. The normalized spacial score (nSPS) is 24.8. The first-order chi connectivity index (χ1) is 12.2. The van der Waals surface area contributed by atoms with E-state index in [2.05, 4.69) is 35.9 Å². The molecule has 2 unspecified atom stereocenters. The molecule has 0 spiro atoms. The zero-order valence-corrected chi connectivity index (χ0v) is 15.7. The Kier molecular flexibility index (Phi) is 4.74. The molecule has 1 N–H and O–H groups in total. The van der Waals surface area contributed by atoms with Crippen LogP contribution in [0, 0.1) is 12.8 Å². The second kappa shape index (κ2) is 7.00. The van der Waals surface area contributed by atoms with Crippen LogP contribution in [-0.2, 0) is 11.3 Å². The average molecular weight is 342 g/mol. The lowest BCUT2D eigenvalue weighted by Crippen LogP contribution is -2.45. The number of fused-ring (bicyclic) bond motifs is 1. The maximum Gasteiger partial charge on any atom is 0.124 e. The Morgan fingerprint density at radius 2 is 2.12 bits per heavy atom. The van der Waals surface area contributed by atoms with Crippen LogP contribution < -0.4 is 4.74 Å². The van der Waals surface area contributed by atoms with E-state index >= 15 is 0 Å². The summed E-state index contributed by atoms with van der Waals surface area (Å²) in [4.78, 5) is 6.08. The minimum absolute atomic E-state index is 0.444. The number of hydrogen-bond donors (Lipinski definition) is 1. The van der Waals surface area contributed by atoms with Gasteiger partial charge in [0.15, 0.2) is 0 Å². The molecule has 2 fully saturated rings. The lowest BCUT2D eigenvalue weighted by Gasteiger charge is -2.40. The molecule has 1 aliphatic carbocycles. The predicted octanol–water partition coefficient (Wildman–Crippen LogP) is 4.26. The fourth-order valence-electron chi connectivity index (χ4n) is 4.55. The number of aryl methyl sites for hydroxylation is 1. The number of likely N-dealkylation sites (tertiary alicyclic amines) is 1. The van der Waals surface area contributed by atoms with Crippen molar-refractivity contribution in [1.82, 2.24) is 9.88 Å². The maximum atomic E-state index is 5.95. The van der Waals surface area contributed by atoms with E-state index in [1.54, 1.807) is 7.11 Å². The highest BCUT2D eigenvalue weighted by molar-refractivity contribution is 5.88. The van der Waals surface area contributed by atoms with E-state index < -0.39 is 0 Å². The average Bonchev–Trinajstić information content (AvgIpc) is 3.34. The molecular weight excluding hydrogens is 312 g/mol. The molecule has 136 valence electrons. The largest absolute Gasteiger partial charge is 0.496 e. The lowest BCUT2D eigenvalue weighted by molar-refractivity contribution is -0.0183. The smallest absolute Gasteiger partial charge is 0.124 e. The number of aromatic amines is 1. The Morgan fingerprint density at radius 3 is 2.84 bits per heavy atom. The Morgan fingerprint density at radius 1 is 1.28 bits per heavy atom. The number of piperidine rings is 1. The van der Waals surface area contributed by atoms with Crippen molar-refractivity contribution in [2.75, 3.05) is 20.3 Å². The minimum atomic E-state index is 0.444. The highest BCUT2D eigenvalue weighted by Gasteiger charge is 2.39. The van der Waals surface area contributed by atoms with Crippen LogP contribution in [0.4, 0.5) is 0 Å². The van der Waals surface area contributed by atoms with Gasteiger partial charge in [0.2, 0.25) is 0 Å². The van der Waals surface area contributed by atoms with Crippen molar-refractivity contribution in [3.63, 3.8) is 0 Å². The van der Waals surface area contributed by atoms with Gasteiger partial charge >= 0.3 is 0 Å². The van der Waals surface area contributed by atoms with Gasteiger partial charge in [0.05, 0.1) is 13.2 Å². The van der Waals surface area contributed by atoms with Crippen LogP contribution in [0.25, 0.3) is 10.9 Å². The molecule has 4 heteroatoms. The van der Waals surface area contributed by atoms with Gasteiger partial charge in [-0.05, 0) is 63.1 Å². The number of H-pyrrole nitrogens is 1.